The first-order valence-corrected chi connectivity index (χ1v) is 10.5. The van der Waals surface area contributed by atoms with Crippen LogP contribution in [0.3, 0.4) is 0 Å². The van der Waals surface area contributed by atoms with Gasteiger partial charge in [-0.15, -0.1) is 0 Å². The lowest BCUT2D eigenvalue weighted by Gasteiger charge is -2.39. The lowest BCUT2D eigenvalue weighted by atomic mass is 9.99. The molecule has 1 fully saturated rings. The molecule has 1 aliphatic heterocycles. The summed E-state index contributed by atoms with van der Waals surface area (Å²) >= 11 is 0. The van der Waals surface area contributed by atoms with Crippen molar-refractivity contribution in [2.24, 2.45) is 0 Å². The predicted molar refractivity (Wildman–Crippen MR) is 119 cm³/mol. The second kappa shape index (κ2) is 9.91. The predicted octanol–water partition coefficient (Wildman–Crippen LogP) is 0.761. The molecule has 1 aromatic heterocycles. The van der Waals surface area contributed by atoms with E-state index in [4.69, 9.17) is 23.7 Å². The zero-order chi connectivity index (χ0) is 26.1. The van der Waals surface area contributed by atoms with Crippen molar-refractivity contribution in [3.63, 3.8) is 0 Å². The molecule has 13 heteroatoms. The van der Waals surface area contributed by atoms with Crippen LogP contribution >= 0.6 is 0 Å². The Balaban J connectivity index is 1.82. The summed E-state index contributed by atoms with van der Waals surface area (Å²) in [6, 6.07) is 7.98. The molecule has 0 aliphatic carbocycles. The zero-order valence-corrected chi connectivity index (χ0v) is 18.6. The normalized spacial score (nSPS) is 23.8. The summed E-state index contributed by atoms with van der Waals surface area (Å²) in [5, 5.41) is 59.3. The molecule has 36 heavy (non-hydrogen) atoms. The minimum atomic E-state index is -1.88. The largest absolute Gasteiger partial charge is 0.508 e. The number of hydrogen-bond donors (Lipinski definition) is 6. The van der Waals surface area contributed by atoms with Crippen molar-refractivity contribution in [2.45, 2.75) is 30.7 Å². The lowest BCUT2D eigenvalue weighted by molar-refractivity contribution is -0.277. The monoisotopic (exact) mass is 506 g/mol. The molecular formula is C23H22O13. The number of fused-ring (bicyclic) bond motifs is 1. The highest BCUT2D eigenvalue weighted by molar-refractivity contribution is 5.88. The number of phenolic OH excluding ortho intramolecular Hbond substituents is 2. The molecule has 192 valence electrons. The minimum absolute atomic E-state index is 0.0689. The van der Waals surface area contributed by atoms with Gasteiger partial charge in [-0.25, -0.2) is 4.79 Å². The first-order valence-electron chi connectivity index (χ1n) is 10.5. The number of benzene rings is 2. The summed E-state index contributed by atoms with van der Waals surface area (Å²) < 4.78 is 26.4. The highest BCUT2D eigenvalue weighted by Crippen LogP contribution is 2.37. The SMILES string of the molecule is COc1cc(O)c2c(=O)c(O[C@@H]3O[C@H](COC(=O)O)[C@@H](O)[C@H](O)[C@H]3O)c(-c3ccc(O)cc3)oc2c1. The number of aliphatic hydroxyl groups excluding tert-OH is 3. The molecule has 5 atom stereocenters. The smallest absolute Gasteiger partial charge is 0.505 e. The van der Waals surface area contributed by atoms with Crippen molar-refractivity contribution in [1.82, 2.24) is 0 Å². The van der Waals surface area contributed by atoms with Gasteiger partial charge in [0.1, 0.15) is 59.2 Å². The molecule has 0 radical (unpaired) electrons. The second-order valence-electron chi connectivity index (χ2n) is 7.87. The van der Waals surface area contributed by atoms with Crippen LogP contribution in [0.5, 0.6) is 23.0 Å². The van der Waals surface area contributed by atoms with E-state index >= 15 is 0 Å². The lowest BCUT2D eigenvalue weighted by Crippen LogP contribution is -2.60. The van der Waals surface area contributed by atoms with Gasteiger partial charge < -0.3 is 54.0 Å². The van der Waals surface area contributed by atoms with Crippen LogP contribution in [0.25, 0.3) is 22.3 Å². The van der Waals surface area contributed by atoms with Crippen LogP contribution in [0.1, 0.15) is 0 Å². The molecule has 0 bridgehead atoms. The minimum Gasteiger partial charge on any atom is -0.508 e. The number of carboxylic acid groups (broad SMARTS) is 1. The molecule has 3 aromatic rings. The molecule has 6 N–H and O–H groups in total. The second-order valence-corrected chi connectivity index (χ2v) is 7.87. The number of carbonyl (C=O) groups is 1. The van der Waals surface area contributed by atoms with Gasteiger partial charge in [0.2, 0.25) is 17.5 Å². The van der Waals surface area contributed by atoms with Crippen molar-refractivity contribution < 1.29 is 58.8 Å². The van der Waals surface area contributed by atoms with Crippen molar-refractivity contribution in [3.8, 4) is 34.3 Å². The Hall–Kier alpha value is -4.04. The Kier molecular flexibility index (Phi) is 6.90. The third-order valence-corrected chi connectivity index (χ3v) is 5.55. The summed E-state index contributed by atoms with van der Waals surface area (Å²) in [5.74, 6) is -1.10. The van der Waals surface area contributed by atoms with Gasteiger partial charge in [0.15, 0.2) is 5.76 Å². The zero-order valence-electron chi connectivity index (χ0n) is 18.6. The Labute approximate surface area is 201 Å². The number of aliphatic hydroxyl groups is 3. The van der Waals surface area contributed by atoms with Gasteiger partial charge in [-0.2, -0.15) is 0 Å². The first-order chi connectivity index (χ1) is 17.1. The van der Waals surface area contributed by atoms with E-state index in [-0.39, 0.29) is 33.8 Å². The van der Waals surface area contributed by atoms with Crippen molar-refractivity contribution >= 4 is 17.1 Å². The molecule has 1 aliphatic rings. The molecule has 0 unspecified atom stereocenters. The average Bonchev–Trinajstić information content (AvgIpc) is 2.84. The number of phenols is 2. The summed E-state index contributed by atoms with van der Waals surface area (Å²) in [6.07, 6.45) is -10.4. The van der Waals surface area contributed by atoms with Gasteiger partial charge in [0.05, 0.1) is 7.11 Å². The molecule has 1 saturated heterocycles. The van der Waals surface area contributed by atoms with E-state index in [1.54, 1.807) is 0 Å². The van der Waals surface area contributed by atoms with Crippen LogP contribution in [0.15, 0.2) is 45.6 Å². The number of methoxy groups -OCH3 is 1. The Bertz CT molecular complexity index is 1320. The first kappa shape index (κ1) is 25.1. The summed E-state index contributed by atoms with van der Waals surface area (Å²) in [7, 11) is 1.35. The number of ether oxygens (including phenoxy) is 4. The van der Waals surface area contributed by atoms with Crippen LogP contribution in [0, 0.1) is 0 Å². The van der Waals surface area contributed by atoms with Crippen LogP contribution in [0.2, 0.25) is 0 Å². The Morgan fingerprint density at radius 3 is 2.36 bits per heavy atom. The van der Waals surface area contributed by atoms with E-state index in [0.717, 1.165) is 0 Å². The van der Waals surface area contributed by atoms with E-state index in [9.17, 15) is 35.1 Å². The van der Waals surface area contributed by atoms with Gasteiger partial charge in [-0.1, -0.05) is 0 Å². The average molecular weight is 506 g/mol. The highest BCUT2D eigenvalue weighted by Gasteiger charge is 2.46. The maximum absolute atomic E-state index is 13.4. The van der Waals surface area contributed by atoms with Gasteiger partial charge in [-0.05, 0) is 24.3 Å². The van der Waals surface area contributed by atoms with Crippen molar-refractivity contribution in [3.05, 3.63) is 46.6 Å². The fourth-order valence-electron chi connectivity index (χ4n) is 3.71. The third-order valence-electron chi connectivity index (χ3n) is 5.55. The molecule has 0 spiro atoms. The fourth-order valence-corrected chi connectivity index (χ4v) is 3.71. The van der Waals surface area contributed by atoms with E-state index in [0.29, 0.717) is 0 Å². The molecule has 13 nitrogen and oxygen atoms in total. The Morgan fingerprint density at radius 2 is 1.72 bits per heavy atom. The molecule has 2 heterocycles. The van der Waals surface area contributed by atoms with E-state index < -0.39 is 60.4 Å². The summed E-state index contributed by atoms with van der Waals surface area (Å²) in [5.41, 5.74) is -0.699. The van der Waals surface area contributed by atoms with E-state index in [1.807, 2.05) is 0 Å². The number of rotatable bonds is 6. The summed E-state index contributed by atoms with van der Waals surface area (Å²) in [4.78, 5) is 24.2. The van der Waals surface area contributed by atoms with Crippen molar-refractivity contribution in [2.75, 3.05) is 13.7 Å². The molecule has 4 rings (SSSR count). The van der Waals surface area contributed by atoms with Crippen LogP contribution in [0.4, 0.5) is 4.79 Å². The van der Waals surface area contributed by atoms with Crippen LogP contribution in [-0.4, -0.2) is 81.2 Å². The van der Waals surface area contributed by atoms with Crippen LogP contribution in [-0.2, 0) is 9.47 Å². The van der Waals surface area contributed by atoms with E-state index in [2.05, 4.69) is 4.74 Å². The number of aromatic hydroxyl groups is 2. The highest BCUT2D eigenvalue weighted by atomic mass is 16.7. The fraction of sp³-hybridized carbons (Fsp3) is 0.304. The maximum Gasteiger partial charge on any atom is 0.505 e. The van der Waals surface area contributed by atoms with Gasteiger partial charge in [0.25, 0.3) is 0 Å². The summed E-state index contributed by atoms with van der Waals surface area (Å²) in [6.45, 7) is -0.710. The topological polar surface area (TPSA) is 206 Å². The Morgan fingerprint density at radius 1 is 1.03 bits per heavy atom. The van der Waals surface area contributed by atoms with Gasteiger partial charge in [-0.3, -0.25) is 4.79 Å². The third kappa shape index (κ3) is 4.72. The van der Waals surface area contributed by atoms with Crippen molar-refractivity contribution in [1.29, 1.82) is 0 Å². The van der Waals surface area contributed by atoms with Gasteiger partial charge in [0, 0.05) is 17.7 Å². The molecule has 2 aromatic carbocycles. The van der Waals surface area contributed by atoms with Crippen LogP contribution < -0.4 is 14.9 Å². The number of hydrogen-bond acceptors (Lipinski definition) is 12. The van der Waals surface area contributed by atoms with E-state index in [1.165, 1.54) is 43.5 Å². The van der Waals surface area contributed by atoms with Gasteiger partial charge >= 0.3 is 6.16 Å². The molecule has 0 amide bonds. The maximum atomic E-state index is 13.4. The molecular weight excluding hydrogens is 484 g/mol. The molecule has 0 saturated carbocycles. The quantitative estimate of drug-likeness (QED) is 0.256. The standard InChI is InChI=1S/C23H22O13/c1-32-11-6-12(25)15-13(7-11)34-20(9-2-4-10(24)5-3-9)21(17(15)27)36-22-19(29)18(28)16(26)14(35-22)8-33-23(30)31/h2-7,14,16,18-19,22,24-26,28-29H,8H2,1H3,(H,30,31)/t14-,16-,18+,19-,22+/m1/s1.